The largest absolute Gasteiger partial charge is 0.465 e. The van der Waals surface area contributed by atoms with E-state index in [1.807, 2.05) is 37.3 Å². The Balaban J connectivity index is 2.12. The van der Waals surface area contributed by atoms with Gasteiger partial charge in [-0.15, -0.1) is 0 Å². The van der Waals surface area contributed by atoms with Crippen molar-refractivity contribution in [1.29, 1.82) is 0 Å². The second-order valence-electron chi connectivity index (χ2n) is 4.74. The monoisotopic (exact) mass is 260 g/mol. The van der Waals surface area contributed by atoms with E-state index in [1.165, 1.54) is 0 Å². The number of benzene rings is 1. The van der Waals surface area contributed by atoms with Gasteiger partial charge in [-0.1, -0.05) is 37.3 Å². The number of furan rings is 1. The molecule has 0 saturated heterocycles. The molecule has 102 valence electrons. The second kappa shape index (κ2) is 6.55. The fraction of sp³-hybridized carbons (Fsp3) is 0.375. The molecule has 2 atom stereocenters. The number of hydrogen-bond donors (Lipinski definition) is 1. The quantitative estimate of drug-likeness (QED) is 0.811. The maximum Gasteiger partial charge on any atom is 0.163 e. The Hall–Kier alpha value is -1.58. The zero-order valence-electron chi connectivity index (χ0n) is 11.5. The Labute approximate surface area is 114 Å². The van der Waals surface area contributed by atoms with Gasteiger partial charge >= 0.3 is 0 Å². The minimum atomic E-state index is 0.0385. The van der Waals surface area contributed by atoms with Gasteiger partial charge in [0.15, 0.2) is 6.61 Å². The van der Waals surface area contributed by atoms with Crippen LogP contribution in [0.3, 0.4) is 0 Å². The van der Waals surface area contributed by atoms with Crippen molar-refractivity contribution < 1.29 is 9.52 Å². The maximum absolute atomic E-state index is 7.74. The van der Waals surface area contributed by atoms with Crippen LogP contribution < -0.4 is 5.32 Å². The van der Waals surface area contributed by atoms with Gasteiger partial charge in [-0.05, 0) is 31.0 Å². The molecule has 0 saturated carbocycles. The molecule has 3 nitrogen and oxygen atoms in total. The van der Waals surface area contributed by atoms with Gasteiger partial charge in [-0.25, -0.2) is 0 Å². The van der Waals surface area contributed by atoms with Crippen molar-refractivity contribution in [2.75, 3.05) is 6.61 Å². The highest BCUT2D eigenvalue weighted by atomic mass is 16.3. The van der Waals surface area contributed by atoms with Crippen molar-refractivity contribution in [3.8, 4) is 0 Å². The highest BCUT2D eigenvalue weighted by Gasteiger charge is 2.20. The zero-order chi connectivity index (χ0) is 13.7. The number of aryl methyl sites for hydroxylation is 1. The molecule has 0 fully saturated rings. The van der Waals surface area contributed by atoms with E-state index in [0.29, 0.717) is 6.61 Å². The van der Waals surface area contributed by atoms with E-state index < -0.39 is 0 Å². The second-order valence-corrected chi connectivity index (χ2v) is 4.74. The van der Waals surface area contributed by atoms with Gasteiger partial charge in [0.05, 0.1) is 6.04 Å². The summed E-state index contributed by atoms with van der Waals surface area (Å²) in [5.74, 6) is 1.88. The van der Waals surface area contributed by atoms with Crippen molar-refractivity contribution in [2.24, 2.45) is 0 Å². The molecule has 0 aliphatic carbocycles. The van der Waals surface area contributed by atoms with Crippen LogP contribution in [0, 0.1) is 6.92 Å². The first kappa shape index (κ1) is 13.8. The van der Waals surface area contributed by atoms with Gasteiger partial charge < -0.3 is 9.52 Å². The lowest BCUT2D eigenvalue weighted by Crippen LogP contribution is -2.28. The molecule has 1 aromatic carbocycles. The average Bonchev–Trinajstić information content (AvgIpc) is 2.88. The SMILES string of the molecule is CC[C@@H](N[C@@H](C[OH2+])c1ccccc1)c1ccc(C)o1. The molecular formula is C16H22NO2+. The third-order valence-corrected chi connectivity index (χ3v) is 3.32. The number of rotatable bonds is 6. The summed E-state index contributed by atoms with van der Waals surface area (Å²) in [5, 5.41) is 11.3. The Morgan fingerprint density at radius 3 is 2.37 bits per heavy atom. The molecule has 0 unspecified atom stereocenters. The molecule has 0 aliphatic rings. The van der Waals surface area contributed by atoms with E-state index in [4.69, 9.17) is 9.52 Å². The van der Waals surface area contributed by atoms with Crippen LogP contribution in [0.25, 0.3) is 0 Å². The van der Waals surface area contributed by atoms with Gasteiger partial charge in [-0.2, -0.15) is 0 Å². The van der Waals surface area contributed by atoms with E-state index in [1.54, 1.807) is 0 Å². The highest BCUT2D eigenvalue weighted by Crippen LogP contribution is 2.23. The van der Waals surface area contributed by atoms with Crippen molar-refractivity contribution in [1.82, 2.24) is 5.32 Å². The van der Waals surface area contributed by atoms with E-state index >= 15 is 0 Å². The molecule has 3 heteroatoms. The molecule has 2 rings (SSSR count). The number of nitrogens with one attached hydrogen (secondary N) is 1. The molecule has 0 amide bonds. The molecule has 1 heterocycles. The summed E-state index contributed by atoms with van der Waals surface area (Å²) >= 11 is 0. The van der Waals surface area contributed by atoms with Crippen LogP contribution in [-0.4, -0.2) is 11.7 Å². The minimum Gasteiger partial charge on any atom is -0.465 e. The standard InChI is InChI=1S/C16H21NO2/c1-3-14(16-10-9-12(2)19-16)17-15(11-18)13-7-5-4-6-8-13/h4-10,14-15,17-18H,3,11H2,1-2H3/p+1/t14-,15+/m1/s1. The Kier molecular flexibility index (Phi) is 4.77. The van der Waals surface area contributed by atoms with Crippen LogP contribution >= 0.6 is 0 Å². The van der Waals surface area contributed by atoms with Gasteiger partial charge in [0.1, 0.15) is 17.6 Å². The Morgan fingerprint density at radius 1 is 1.11 bits per heavy atom. The van der Waals surface area contributed by atoms with Crippen molar-refractivity contribution in [3.05, 3.63) is 59.5 Å². The van der Waals surface area contributed by atoms with Crippen molar-refractivity contribution in [2.45, 2.75) is 32.4 Å². The zero-order valence-corrected chi connectivity index (χ0v) is 11.5. The van der Waals surface area contributed by atoms with Crippen molar-refractivity contribution >= 4 is 0 Å². The molecule has 0 aliphatic heterocycles. The molecule has 1 aromatic heterocycles. The van der Waals surface area contributed by atoms with Gasteiger partial charge in [-0.3, -0.25) is 5.32 Å². The van der Waals surface area contributed by atoms with E-state index in [-0.39, 0.29) is 12.1 Å². The van der Waals surface area contributed by atoms with Crippen LogP contribution in [0.1, 0.15) is 42.5 Å². The molecule has 19 heavy (non-hydrogen) atoms. The first-order valence-electron chi connectivity index (χ1n) is 6.76. The molecule has 0 radical (unpaired) electrons. The summed E-state index contributed by atoms with van der Waals surface area (Å²) in [4.78, 5) is 0. The van der Waals surface area contributed by atoms with Crippen molar-refractivity contribution in [3.63, 3.8) is 0 Å². The molecule has 2 aromatic rings. The predicted molar refractivity (Wildman–Crippen MR) is 77.3 cm³/mol. The maximum atomic E-state index is 7.74. The first-order chi connectivity index (χ1) is 9.24. The van der Waals surface area contributed by atoms with E-state index in [9.17, 15) is 0 Å². The van der Waals surface area contributed by atoms with E-state index in [0.717, 1.165) is 23.5 Å². The molecule has 3 N–H and O–H groups in total. The summed E-state index contributed by atoms with van der Waals surface area (Å²) in [6, 6.07) is 14.3. The minimum absolute atomic E-state index is 0.0385. The van der Waals surface area contributed by atoms with Gasteiger partial charge in [0.2, 0.25) is 0 Å². The topological polar surface area (TPSA) is 48.1 Å². The average molecular weight is 260 g/mol. The summed E-state index contributed by atoms with van der Waals surface area (Å²) in [6.07, 6.45) is 0.941. The van der Waals surface area contributed by atoms with Gasteiger partial charge in [0.25, 0.3) is 0 Å². The van der Waals surface area contributed by atoms with Crippen LogP contribution in [0.4, 0.5) is 0 Å². The summed E-state index contributed by atoms with van der Waals surface area (Å²) in [7, 11) is 0. The highest BCUT2D eigenvalue weighted by molar-refractivity contribution is 5.20. The fourth-order valence-corrected chi connectivity index (χ4v) is 2.24. The summed E-state index contributed by atoms with van der Waals surface area (Å²) in [6.45, 7) is 4.40. The third-order valence-electron chi connectivity index (χ3n) is 3.32. The number of hydrogen-bond acceptors (Lipinski definition) is 2. The van der Waals surface area contributed by atoms with Gasteiger partial charge in [0, 0.05) is 0 Å². The van der Waals surface area contributed by atoms with Crippen LogP contribution in [0.2, 0.25) is 0 Å². The summed E-state index contributed by atoms with van der Waals surface area (Å²) in [5.41, 5.74) is 1.15. The lowest BCUT2D eigenvalue weighted by atomic mass is 10.0. The molecular weight excluding hydrogens is 238 g/mol. The smallest absolute Gasteiger partial charge is 0.163 e. The predicted octanol–water partition coefficient (Wildman–Crippen LogP) is 3.09. The normalized spacial score (nSPS) is 14.3. The Bertz CT molecular complexity index is 492. The Morgan fingerprint density at radius 2 is 1.84 bits per heavy atom. The third kappa shape index (κ3) is 3.46. The lowest BCUT2D eigenvalue weighted by molar-refractivity contribution is 0.225. The van der Waals surface area contributed by atoms with Crippen LogP contribution in [0.5, 0.6) is 0 Å². The molecule has 0 bridgehead atoms. The lowest BCUT2D eigenvalue weighted by Gasteiger charge is -2.21. The van der Waals surface area contributed by atoms with E-state index in [2.05, 4.69) is 24.4 Å². The molecule has 0 spiro atoms. The fourth-order valence-electron chi connectivity index (χ4n) is 2.24. The van der Waals surface area contributed by atoms with Crippen LogP contribution in [0.15, 0.2) is 46.9 Å². The first-order valence-corrected chi connectivity index (χ1v) is 6.76. The summed E-state index contributed by atoms with van der Waals surface area (Å²) < 4.78 is 5.69. The van der Waals surface area contributed by atoms with Crippen LogP contribution in [-0.2, 0) is 0 Å².